The summed E-state index contributed by atoms with van der Waals surface area (Å²) in [6.45, 7) is 2.95. The van der Waals surface area contributed by atoms with Crippen LogP contribution in [0.4, 0.5) is 0 Å². The lowest BCUT2D eigenvalue weighted by atomic mass is 10.2. The molecule has 1 fully saturated rings. The van der Waals surface area contributed by atoms with Crippen molar-refractivity contribution in [1.82, 2.24) is 9.97 Å². The largest absolute Gasteiger partial charge is 0.370 e. The monoisotopic (exact) mass is 202 g/mol. The van der Waals surface area contributed by atoms with Gasteiger partial charge in [-0.05, 0) is 37.5 Å². The molecule has 0 aliphatic carbocycles. The van der Waals surface area contributed by atoms with E-state index >= 15 is 0 Å². The Labute approximate surface area is 88.5 Å². The van der Waals surface area contributed by atoms with Gasteiger partial charge in [-0.25, -0.2) is 4.98 Å². The van der Waals surface area contributed by atoms with Gasteiger partial charge in [-0.1, -0.05) is 6.07 Å². The Bertz CT molecular complexity index is 483. The van der Waals surface area contributed by atoms with E-state index in [9.17, 15) is 0 Å². The zero-order valence-electron chi connectivity index (χ0n) is 8.79. The van der Waals surface area contributed by atoms with Gasteiger partial charge < -0.3 is 9.72 Å². The number of ether oxygens (including phenoxy) is 1. The summed E-state index contributed by atoms with van der Waals surface area (Å²) in [4.78, 5) is 7.90. The third-order valence-electron chi connectivity index (χ3n) is 2.89. The third-order valence-corrected chi connectivity index (χ3v) is 2.89. The van der Waals surface area contributed by atoms with Gasteiger partial charge >= 0.3 is 0 Å². The molecule has 1 aliphatic rings. The van der Waals surface area contributed by atoms with E-state index in [0.29, 0.717) is 0 Å². The standard InChI is InChI=1S/C12H14N2O/c1-8-4-5-9-10(7-8)14-12(13-9)11-3-2-6-15-11/h4-5,7,11H,2-3,6H2,1H3,(H,13,14)/t11-/m0/s1. The number of nitrogens with one attached hydrogen (secondary N) is 1. The van der Waals surface area contributed by atoms with Crippen molar-refractivity contribution >= 4 is 11.0 Å². The van der Waals surface area contributed by atoms with Crippen LogP contribution in [0.1, 0.15) is 30.3 Å². The summed E-state index contributed by atoms with van der Waals surface area (Å²) in [7, 11) is 0. The maximum absolute atomic E-state index is 5.61. The van der Waals surface area contributed by atoms with Gasteiger partial charge in [0.1, 0.15) is 11.9 Å². The summed E-state index contributed by atoms with van der Waals surface area (Å²) in [6, 6.07) is 6.27. The van der Waals surface area contributed by atoms with E-state index in [2.05, 4.69) is 35.1 Å². The molecule has 2 heterocycles. The van der Waals surface area contributed by atoms with E-state index in [4.69, 9.17) is 4.74 Å². The zero-order chi connectivity index (χ0) is 10.3. The summed E-state index contributed by atoms with van der Waals surface area (Å²) < 4.78 is 5.61. The molecule has 1 saturated heterocycles. The van der Waals surface area contributed by atoms with Crippen LogP contribution in [-0.2, 0) is 4.74 Å². The first-order valence-electron chi connectivity index (χ1n) is 5.41. The molecule has 3 heteroatoms. The molecule has 1 aliphatic heterocycles. The average Bonchev–Trinajstić information content (AvgIpc) is 2.84. The van der Waals surface area contributed by atoms with Crippen LogP contribution in [-0.4, -0.2) is 16.6 Å². The van der Waals surface area contributed by atoms with Crippen molar-refractivity contribution in [3.8, 4) is 0 Å². The quantitative estimate of drug-likeness (QED) is 0.772. The highest BCUT2D eigenvalue weighted by atomic mass is 16.5. The smallest absolute Gasteiger partial charge is 0.136 e. The second-order valence-corrected chi connectivity index (χ2v) is 4.14. The van der Waals surface area contributed by atoms with Crippen molar-refractivity contribution in [2.45, 2.75) is 25.9 Å². The molecular formula is C12H14N2O. The predicted molar refractivity (Wildman–Crippen MR) is 58.8 cm³/mol. The molecule has 0 bridgehead atoms. The van der Waals surface area contributed by atoms with Crippen molar-refractivity contribution < 1.29 is 4.74 Å². The van der Waals surface area contributed by atoms with E-state index < -0.39 is 0 Å². The van der Waals surface area contributed by atoms with Gasteiger partial charge in [-0.3, -0.25) is 0 Å². The van der Waals surface area contributed by atoms with Gasteiger partial charge in [0.25, 0.3) is 0 Å². The molecule has 3 rings (SSSR count). The SMILES string of the molecule is Cc1ccc2nc([C@@H]3CCCO3)[nH]c2c1. The molecule has 15 heavy (non-hydrogen) atoms. The zero-order valence-corrected chi connectivity index (χ0v) is 8.79. The normalized spacial score (nSPS) is 21.3. The number of H-pyrrole nitrogens is 1. The first kappa shape index (κ1) is 8.92. The number of imidazole rings is 1. The summed E-state index contributed by atoms with van der Waals surface area (Å²) >= 11 is 0. The van der Waals surface area contributed by atoms with Crippen LogP contribution in [0.5, 0.6) is 0 Å². The van der Waals surface area contributed by atoms with Crippen LogP contribution in [0.2, 0.25) is 0 Å². The van der Waals surface area contributed by atoms with Crippen LogP contribution in [0.3, 0.4) is 0 Å². The number of benzene rings is 1. The van der Waals surface area contributed by atoms with E-state index in [0.717, 1.165) is 36.3 Å². The molecule has 0 unspecified atom stereocenters. The van der Waals surface area contributed by atoms with E-state index in [1.165, 1.54) is 5.56 Å². The van der Waals surface area contributed by atoms with Gasteiger partial charge in [0.15, 0.2) is 0 Å². The number of hydrogen-bond donors (Lipinski definition) is 1. The molecule has 78 valence electrons. The summed E-state index contributed by atoms with van der Waals surface area (Å²) in [5.41, 5.74) is 3.40. The van der Waals surface area contributed by atoms with Crippen LogP contribution >= 0.6 is 0 Å². The second kappa shape index (κ2) is 3.35. The number of aromatic amines is 1. The molecule has 3 nitrogen and oxygen atoms in total. The average molecular weight is 202 g/mol. The fourth-order valence-electron chi connectivity index (χ4n) is 2.09. The maximum Gasteiger partial charge on any atom is 0.136 e. The predicted octanol–water partition coefficient (Wildman–Crippen LogP) is 2.72. The van der Waals surface area contributed by atoms with Crippen molar-refractivity contribution in [2.24, 2.45) is 0 Å². The summed E-state index contributed by atoms with van der Waals surface area (Å²) in [6.07, 6.45) is 2.40. The minimum atomic E-state index is 0.178. The van der Waals surface area contributed by atoms with Crippen molar-refractivity contribution in [2.75, 3.05) is 6.61 Å². The summed E-state index contributed by atoms with van der Waals surface area (Å²) in [5, 5.41) is 0. The Kier molecular flexibility index (Phi) is 1.99. The lowest BCUT2D eigenvalue weighted by molar-refractivity contribution is 0.106. The van der Waals surface area contributed by atoms with Crippen molar-refractivity contribution in [3.05, 3.63) is 29.6 Å². The number of aryl methyl sites for hydroxylation is 1. The number of hydrogen-bond acceptors (Lipinski definition) is 2. The molecule has 0 saturated carbocycles. The molecular weight excluding hydrogens is 188 g/mol. The van der Waals surface area contributed by atoms with Gasteiger partial charge in [0.05, 0.1) is 11.0 Å². The van der Waals surface area contributed by atoms with E-state index in [-0.39, 0.29) is 6.10 Å². The topological polar surface area (TPSA) is 37.9 Å². The Hall–Kier alpha value is -1.35. The first-order valence-corrected chi connectivity index (χ1v) is 5.41. The van der Waals surface area contributed by atoms with Crippen LogP contribution < -0.4 is 0 Å². The lowest BCUT2D eigenvalue weighted by Crippen LogP contribution is -1.97. The molecule has 1 atom stereocenters. The Morgan fingerprint density at radius 1 is 1.47 bits per heavy atom. The van der Waals surface area contributed by atoms with Gasteiger partial charge in [-0.15, -0.1) is 0 Å². The fourth-order valence-corrected chi connectivity index (χ4v) is 2.09. The molecule has 1 aromatic heterocycles. The Morgan fingerprint density at radius 3 is 3.20 bits per heavy atom. The molecule has 2 aromatic rings. The van der Waals surface area contributed by atoms with Gasteiger partial charge in [-0.2, -0.15) is 0 Å². The number of rotatable bonds is 1. The highest BCUT2D eigenvalue weighted by molar-refractivity contribution is 5.75. The molecule has 0 radical (unpaired) electrons. The second-order valence-electron chi connectivity index (χ2n) is 4.14. The van der Waals surface area contributed by atoms with Crippen LogP contribution in [0.25, 0.3) is 11.0 Å². The van der Waals surface area contributed by atoms with E-state index in [1.807, 2.05) is 0 Å². The van der Waals surface area contributed by atoms with E-state index in [1.54, 1.807) is 0 Å². The fraction of sp³-hybridized carbons (Fsp3) is 0.417. The van der Waals surface area contributed by atoms with Gasteiger partial charge in [0.2, 0.25) is 0 Å². The highest BCUT2D eigenvalue weighted by Gasteiger charge is 2.20. The van der Waals surface area contributed by atoms with Crippen molar-refractivity contribution in [1.29, 1.82) is 0 Å². The number of nitrogens with zero attached hydrogens (tertiary/aromatic N) is 1. The van der Waals surface area contributed by atoms with Crippen LogP contribution in [0, 0.1) is 6.92 Å². The minimum absolute atomic E-state index is 0.178. The van der Waals surface area contributed by atoms with Crippen LogP contribution in [0.15, 0.2) is 18.2 Å². The third kappa shape index (κ3) is 1.53. The molecule has 1 aromatic carbocycles. The molecule has 0 spiro atoms. The molecule has 1 N–H and O–H groups in total. The summed E-state index contributed by atoms with van der Waals surface area (Å²) in [5.74, 6) is 0.980. The highest BCUT2D eigenvalue weighted by Crippen LogP contribution is 2.27. The minimum Gasteiger partial charge on any atom is -0.370 e. The maximum atomic E-state index is 5.61. The van der Waals surface area contributed by atoms with Crippen molar-refractivity contribution in [3.63, 3.8) is 0 Å². The van der Waals surface area contributed by atoms with Gasteiger partial charge in [0, 0.05) is 6.61 Å². The number of aromatic nitrogens is 2. The molecule has 0 amide bonds. The first-order chi connectivity index (χ1) is 7.33. The Balaban J connectivity index is 2.05. The number of fused-ring (bicyclic) bond motifs is 1. The lowest BCUT2D eigenvalue weighted by Gasteiger charge is -2.03. The Morgan fingerprint density at radius 2 is 2.40 bits per heavy atom.